The van der Waals surface area contributed by atoms with Crippen molar-refractivity contribution in [2.45, 2.75) is 17.6 Å². The fourth-order valence-electron chi connectivity index (χ4n) is 4.45. The average Bonchev–Trinajstić information content (AvgIpc) is 2.94. The molecule has 0 aliphatic rings. The molecule has 0 spiro atoms. The summed E-state index contributed by atoms with van der Waals surface area (Å²) in [7, 11) is 0. The third-order valence-electron chi connectivity index (χ3n) is 6.18. The molecule has 1 amide bonds. The van der Waals surface area contributed by atoms with E-state index in [1.54, 1.807) is 30.3 Å². The van der Waals surface area contributed by atoms with Gasteiger partial charge < -0.3 is 10.4 Å². The predicted octanol–water partition coefficient (Wildman–Crippen LogP) is 4.81. The summed E-state index contributed by atoms with van der Waals surface area (Å²) in [6.45, 7) is 0. The second-order valence-electron chi connectivity index (χ2n) is 8.42. The second-order valence-corrected chi connectivity index (χ2v) is 8.78. The molecule has 6 heteroatoms. The van der Waals surface area contributed by atoms with Gasteiger partial charge in [0.1, 0.15) is 0 Å². The van der Waals surface area contributed by atoms with Gasteiger partial charge in [-0.15, -0.1) is 0 Å². The molecule has 182 valence electrons. The van der Waals surface area contributed by atoms with E-state index in [2.05, 4.69) is 23.3 Å². The van der Waals surface area contributed by atoms with Crippen molar-refractivity contribution in [3.8, 4) is 0 Å². The molecule has 0 fully saturated rings. The normalized spacial score (nSPS) is 12.9. The average molecular weight is 497 g/mol. The number of thiol groups is 1. The number of benzene rings is 4. The zero-order valence-corrected chi connectivity index (χ0v) is 20.5. The van der Waals surface area contributed by atoms with Crippen LogP contribution in [0.25, 0.3) is 0 Å². The molecular formula is C30H28N2O3S. The lowest BCUT2D eigenvalue weighted by molar-refractivity contribution is -0.142. The number of amides is 1. The lowest BCUT2D eigenvalue weighted by Gasteiger charge is -2.39. The van der Waals surface area contributed by atoms with Crippen LogP contribution in [-0.2, 0) is 15.1 Å². The first kappa shape index (κ1) is 25.2. The molecule has 3 N–H and O–H groups in total. The van der Waals surface area contributed by atoms with Gasteiger partial charge in [-0.2, -0.15) is 12.6 Å². The van der Waals surface area contributed by atoms with Crippen LogP contribution in [0.4, 0.5) is 0 Å². The Hall–Kier alpha value is -3.87. The summed E-state index contributed by atoms with van der Waals surface area (Å²) in [5.74, 6) is -1.43. The molecule has 36 heavy (non-hydrogen) atoms. The highest BCUT2D eigenvalue weighted by Gasteiger charge is 2.40. The number of rotatable bonds is 10. The number of carbonyl (C=O) groups excluding carboxylic acids is 1. The molecule has 4 aromatic carbocycles. The van der Waals surface area contributed by atoms with Crippen LogP contribution in [0.2, 0.25) is 0 Å². The summed E-state index contributed by atoms with van der Waals surface area (Å²) in [6, 6.07) is 36.4. The number of carboxylic acids is 1. The van der Waals surface area contributed by atoms with Gasteiger partial charge >= 0.3 is 5.97 Å². The minimum atomic E-state index is -1.18. The Balaban J connectivity index is 1.78. The van der Waals surface area contributed by atoms with Crippen molar-refractivity contribution in [3.63, 3.8) is 0 Å². The van der Waals surface area contributed by atoms with Gasteiger partial charge in [0.05, 0.1) is 11.6 Å². The lowest BCUT2D eigenvalue weighted by atomic mass is 9.76. The Bertz CT molecular complexity index is 1170. The van der Waals surface area contributed by atoms with Gasteiger partial charge in [0.2, 0.25) is 5.91 Å². The molecule has 0 saturated carbocycles. The number of aliphatic carboxylic acids is 1. The van der Waals surface area contributed by atoms with Crippen molar-refractivity contribution >= 4 is 24.5 Å². The van der Waals surface area contributed by atoms with Gasteiger partial charge in [-0.1, -0.05) is 121 Å². The summed E-state index contributed by atoms with van der Waals surface area (Å²) in [6.07, 6.45) is 0. The molecule has 2 atom stereocenters. The highest BCUT2D eigenvalue weighted by atomic mass is 32.1. The van der Waals surface area contributed by atoms with Gasteiger partial charge in [0.25, 0.3) is 0 Å². The number of carboxylic acid groups (broad SMARTS) is 1. The van der Waals surface area contributed by atoms with Crippen molar-refractivity contribution < 1.29 is 14.7 Å². The zero-order chi connectivity index (χ0) is 25.4. The van der Waals surface area contributed by atoms with E-state index < -0.39 is 29.5 Å². The zero-order valence-electron chi connectivity index (χ0n) is 19.6. The Morgan fingerprint density at radius 3 is 1.44 bits per heavy atom. The molecule has 5 nitrogen and oxygen atoms in total. The molecule has 0 saturated heterocycles. The number of nitrogens with one attached hydrogen (secondary N) is 2. The van der Waals surface area contributed by atoms with Crippen molar-refractivity contribution in [2.24, 2.45) is 0 Å². The maximum absolute atomic E-state index is 13.5. The van der Waals surface area contributed by atoms with Crippen molar-refractivity contribution in [3.05, 3.63) is 144 Å². The van der Waals surface area contributed by atoms with Gasteiger partial charge in [-0.3, -0.25) is 10.1 Å². The lowest BCUT2D eigenvalue weighted by Crippen LogP contribution is -2.56. The van der Waals surface area contributed by atoms with Gasteiger partial charge in [0, 0.05) is 5.75 Å². The third kappa shape index (κ3) is 5.35. The second kappa shape index (κ2) is 11.7. The number of hydrogen-bond donors (Lipinski definition) is 4. The minimum Gasteiger partial charge on any atom is -0.479 e. The highest BCUT2D eigenvalue weighted by Crippen LogP contribution is 2.37. The van der Waals surface area contributed by atoms with Crippen LogP contribution in [0.15, 0.2) is 121 Å². The van der Waals surface area contributed by atoms with Crippen LogP contribution in [0.5, 0.6) is 0 Å². The molecule has 0 aliphatic heterocycles. The number of carbonyl (C=O) groups is 2. The molecular weight excluding hydrogens is 468 g/mol. The van der Waals surface area contributed by atoms with E-state index in [0.29, 0.717) is 5.56 Å². The summed E-state index contributed by atoms with van der Waals surface area (Å²) in [4.78, 5) is 25.6. The first-order valence-electron chi connectivity index (χ1n) is 11.7. The molecule has 0 aliphatic carbocycles. The van der Waals surface area contributed by atoms with Crippen LogP contribution >= 0.6 is 12.6 Å². The molecule has 0 bridgehead atoms. The minimum absolute atomic E-state index is 0.154. The van der Waals surface area contributed by atoms with Crippen molar-refractivity contribution in [2.75, 3.05) is 5.75 Å². The topological polar surface area (TPSA) is 78.4 Å². The fourth-order valence-corrected chi connectivity index (χ4v) is 4.70. The smallest absolute Gasteiger partial charge is 0.330 e. The van der Waals surface area contributed by atoms with E-state index in [0.717, 1.165) is 16.7 Å². The van der Waals surface area contributed by atoms with Crippen molar-refractivity contribution in [1.82, 2.24) is 10.6 Å². The molecule has 4 aromatic rings. The van der Waals surface area contributed by atoms with E-state index in [4.69, 9.17) is 0 Å². The molecule has 1 unspecified atom stereocenters. The van der Waals surface area contributed by atoms with Gasteiger partial charge in [0.15, 0.2) is 6.04 Å². The first-order chi connectivity index (χ1) is 17.6. The summed E-state index contributed by atoms with van der Waals surface area (Å²) >= 11 is 4.49. The van der Waals surface area contributed by atoms with Crippen LogP contribution < -0.4 is 10.6 Å². The van der Waals surface area contributed by atoms with Crippen LogP contribution in [-0.4, -0.2) is 28.8 Å². The van der Waals surface area contributed by atoms with Crippen LogP contribution in [0.3, 0.4) is 0 Å². The Labute approximate surface area is 216 Å². The van der Waals surface area contributed by atoms with E-state index in [9.17, 15) is 14.7 Å². The van der Waals surface area contributed by atoms with E-state index in [1.165, 1.54) is 0 Å². The summed E-state index contributed by atoms with van der Waals surface area (Å²) < 4.78 is 0. The van der Waals surface area contributed by atoms with Gasteiger partial charge in [-0.05, 0) is 22.3 Å². The maximum Gasteiger partial charge on any atom is 0.330 e. The van der Waals surface area contributed by atoms with E-state index >= 15 is 0 Å². The Morgan fingerprint density at radius 2 is 1.08 bits per heavy atom. The monoisotopic (exact) mass is 496 g/mol. The quantitative estimate of drug-likeness (QED) is 0.188. The maximum atomic E-state index is 13.5. The first-order valence-corrected chi connectivity index (χ1v) is 12.3. The number of hydrogen-bond acceptors (Lipinski definition) is 4. The largest absolute Gasteiger partial charge is 0.479 e. The van der Waals surface area contributed by atoms with Crippen LogP contribution in [0, 0.1) is 0 Å². The Kier molecular flexibility index (Phi) is 8.21. The van der Waals surface area contributed by atoms with Crippen LogP contribution in [0.1, 0.15) is 28.3 Å². The molecule has 0 radical (unpaired) electrons. The molecule has 0 heterocycles. The standard InChI is InChI=1S/C30H28N2O3S/c33-28(31-27(29(34)35)22-13-5-1-6-14-22)26(21-36)32-30(23-15-7-2-8-16-23,24-17-9-3-10-18-24)25-19-11-4-12-20-25/h1-20,26-27,32,36H,21H2,(H,31,33)(H,34,35)/t26-,27?/m0/s1. The Morgan fingerprint density at radius 1 is 0.694 bits per heavy atom. The summed E-state index contributed by atoms with van der Waals surface area (Å²) in [5, 5.41) is 16.1. The van der Waals surface area contributed by atoms with E-state index in [1.807, 2.05) is 91.0 Å². The van der Waals surface area contributed by atoms with Crippen molar-refractivity contribution in [1.29, 1.82) is 0 Å². The fraction of sp³-hybridized carbons (Fsp3) is 0.133. The third-order valence-corrected chi connectivity index (χ3v) is 6.54. The highest BCUT2D eigenvalue weighted by molar-refractivity contribution is 7.80. The van der Waals surface area contributed by atoms with Gasteiger partial charge in [-0.25, -0.2) is 4.79 Å². The predicted molar refractivity (Wildman–Crippen MR) is 145 cm³/mol. The molecule has 0 aromatic heterocycles. The van der Waals surface area contributed by atoms with E-state index in [-0.39, 0.29) is 5.75 Å². The summed E-state index contributed by atoms with van der Waals surface area (Å²) in [5.41, 5.74) is 2.44. The molecule has 4 rings (SSSR count). The SMILES string of the molecule is O=C(O)C(NC(=O)[C@H](CS)NC(c1ccccc1)(c1ccccc1)c1ccccc1)c1ccccc1.